The van der Waals surface area contributed by atoms with Crippen molar-refractivity contribution < 1.29 is 4.43 Å². The molecule has 3 N–H and O–H groups in total. The van der Waals surface area contributed by atoms with Gasteiger partial charge in [0, 0.05) is 23.0 Å². The van der Waals surface area contributed by atoms with Gasteiger partial charge in [0.1, 0.15) is 0 Å². The Labute approximate surface area is 145 Å². The normalized spacial score (nSPS) is 13.3. The lowest BCUT2D eigenvalue weighted by atomic mass is 9.95. The molecule has 0 atom stereocenters. The molecule has 0 aliphatic carbocycles. The lowest BCUT2D eigenvalue weighted by Gasteiger charge is -2.39. The van der Waals surface area contributed by atoms with Crippen LogP contribution in [0.1, 0.15) is 34.6 Å². The quantitative estimate of drug-likeness (QED) is 0.501. The molecule has 22 heavy (non-hydrogen) atoms. The van der Waals surface area contributed by atoms with Gasteiger partial charge in [-0.2, -0.15) is 0 Å². The van der Waals surface area contributed by atoms with Crippen molar-refractivity contribution in [1.82, 2.24) is 0 Å². The van der Waals surface area contributed by atoms with E-state index in [1.54, 1.807) is 0 Å². The van der Waals surface area contributed by atoms with E-state index in [2.05, 4.69) is 69.0 Å². The summed E-state index contributed by atoms with van der Waals surface area (Å²) in [5.41, 5.74) is 7.79. The molecule has 0 aromatic heterocycles. The van der Waals surface area contributed by atoms with Crippen LogP contribution in [0.3, 0.4) is 0 Å². The fourth-order valence-electron chi connectivity index (χ4n) is 1.66. The first kappa shape index (κ1) is 19.5. The highest BCUT2D eigenvalue weighted by Crippen LogP contribution is 2.37. The van der Waals surface area contributed by atoms with Crippen LogP contribution in [-0.4, -0.2) is 21.5 Å². The Balaban J connectivity index is 2.63. The summed E-state index contributed by atoms with van der Waals surface area (Å²) in [5.74, 6) is 0. The van der Waals surface area contributed by atoms with Crippen molar-refractivity contribution in [2.24, 2.45) is 5.41 Å². The Kier molecular flexibility index (Phi) is 6.15. The monoisotopic (exact) mass is 386 g/mol. The SMILES string of the molecule is CC(C)(CNc1cc(Br)ccc1N)CO[Si](C)(C)C(C)(C)C. The van der Waals surface area contributed by atoms with Crippen LogP contribution >= 0.6 is 15.9 Å². The van der Waals surface area contributed by atoms with E-state index in [0.717, 1.165) is 29.0 Å². The van der Waals surface area contributed by atoms with E-state index >= 15 is 0 Å². The summed E-state index contributed by atoms with van der Waals surface area (Å²) in [6, 6.07) is 5.87. The van der Waals surface area contributed by atoms with Crippen LogP contribution in [-0.2, 0) is 4.43 Å². The molecule has 0 heterocycles. The number of hydrogen-bond acceptors (Lipinski definition) is 3. The number of halogens is 1. The average Bonchev–Trinajstić information content (AvgIpc) is 2.37. The van der Waals surface area contributed by atoms with Gasteiger partial charge in [-0.25, -0.2) is 0 Å². The molecule has 5 heteroatoms. The second kappa shape index (κ2) is 6.93. The topological polar surface area (TPSA) is 47.3 Å². The van der Waals surface area contributed by atoms with Gasteiger partial charge in [-0.1, -0.05) is 50.5 Å². The lowest BCUT2D eigenvalue weighted by Crippen LogP contribution is -2.44. The zero-order valence-corrected chi connectivity index (χ0v) is 17.6. The third-order valence-electron chi connectivity index (χ3n) is 4.40. The molecule has 126 valence electrons. The van der Waals surface area contributed by atoms with Gasteiger partial charge >= 0.3 is 0 Å². The first-order valence-corrected chi connectivity index (χ1v) is 11.5. The van der Waals surface area contributed by atoms with Gasteiger partial charge in [-0.15, -0.1) is 0 Å². The van der Waals surface area contributed by atoms with Crippen molar-refractivity contribution in [2.75, 3.05) is 24.2 Å². The first-order valence-electron chi connectivity index (χ1n) is 7.77. The number of nitrogen functional groups attached to an aromatic ring is 1. The number of rotatable bonds is 6. The summed E-state index contributed by atoms with van der Waals surface area (Å²) < 4.78 is 7.39. The number of anilines is 2. The maximum atomic E-state index is 6.36. The van der Waals surface area contributed by atoms with Crippen LogP contribution in [0.25, 0.3) is 0 Å². The van der Waals surface area contributed by atoms with Gasteiger partial charge in [-0.3, -0.25) is 0 Å². The van der Waals surface area contributed by atoms with Crippen LogP contribution in [0.4, 0.5) is 11.4 Å². The Hall–Kier alpha value is -0.523. The zero-order valence-electron chi connectivity index (χ0n) is 15.0. The van der Waals surface area contributed by atoms with Crippen LogP contribution in [0, 0.1) is 5.41 Å². The molecular weight excluding hydrogens is 356 g/mol. The number of hydrogen-bond donors (Lipinski definition) is 2. The second-order valence-corrected chi connectivity index (χ2v) is 14.0. The predicted molar refractivity (Wildman–Crippen MR) is 104 cm³/mol. The highest BCUT2D eigenvalue weighted by Gasteiger charge is 2.38. The van der Waals surface area contributed by atoms with E-state index in [4.69, 9.17) is 10.2 Å². The average molecular weight is 387 g/mol. The first-order chi connectivity index (χ1) is 9.84. The fraction of sp³-hybridized carbons (Fsp3) is 0.647. The molecule has 0 aliphatic rings. The van der Waals surface area contributed by atoms with E-state index in [1.807, 2.05) is 18.2 Å². The maximum absolute atomic E-state index is 6.36. The highest BCUT2D eigenvalue weighted by atomic mass is 79.9. The fourth-order valence-corrected chi connectivity index (χ4v) is 3.21. The molecule has 0 unspecified atom stereocenters. The molecule has 0 fully saturated rings. The molecule has 0 spiro atoms. The van der Waals surface area contributed by atoms with Gasteiger partial charge < -0.3 is 15.5 Å². The molecule has 0 amide bonds. The number of benzene rings is 1. The molecule has 0 bridgehead atoms. The number of nitrogens with one attached hydrogen (secondary N) is 1. The van der Waals surface area contributed by atoms with Crippen LogP contribution in [0.5, 0.6) is 0 Å². The van der Waals surface area contributed by atoms with Gasteiger partial charge in [0.2, 0.25) is 0 Å². The van der Waals surface area contributed by atoms with Gasteiger partial charge in [0.05, 0.1) is 11.4 Å². The summed E-state index contributed by atoms with van der Waals surface area (Å²) in [5, 5.41) is 3.69. The largest absolute Gasteiger partial charge is 0.416 e. The maximum Gasteiger partial charge on any atom is 0.192 e. The van der Waals surface area contributed by atoms with E-state index in [9.17, 15) is 0 Å². The molecule has 1 aromatic rings. The molecule has 1 rings (SSSR count). The predicted octanol–water partition coefficient (Wildman–Crippen LogP) is 5.49. The minimum atomic E-state index is -1.70. The molecule has 0 saturated heterocycles. The van der Waals surface area contributed by atoms with Crippen molar-refractivity contribution in [2.45, 2.75) is 52.8 Å². The Morgan fingerprint density at radius 1 is 1.18 bits per heavy atom. The third-order valence-corrected chi connectivity index (χ3v) is 9.37. The van der Waals surface area contributed by atoms with Crippen LogP contribution in [0.15, 0.2) is 22.7 Å². The van der Waals surface area contributed by atoms with Crippen molar-refractivity contribution >= 4 is 35.6 Å². The van der Waals surface area contributed by atoms with E-state index < -0.39 is 8.32 Å². The lowest BCUT2D eigenvalue weighted by molar-refractivity contribution is 0.175. The summed E-state index contributed by atoms with van der Waals surface area (Å²) in [6.07, 6.45) is 0. The third kappa shape index (κ3) is 5.59. The Morgan fingerprint density at radius 3 is 2.32 bits per heavy atom. The van der Waals surface area contributed by atoms with Gasteiger partial charge in [0.15, 0.2) is 8.32 Å². The standard InChI is InChI=1S/C17H31BrN2OSi/c1-16(2,3)22(6,7)21-12-17(4,5)11-20-15-10-13(18)8-9-14(15)19/h8-10,20H,11-12,19H2,1-7H3. The molecular formula is C17H31BrN2OSi. The van der Waals surface area contributed by atoms with E-state index in [0.29, 0.717) is 0 Å². The Morgan fingerprint density at radius 2 is 1.77 bits per heavy atom. The second-order valence-electron chi connectivity index (χ2n) is 8.30. The van der Waals surface area contributed by atoms with E-state index in [1.165, 1.54) is 0 Å². The molecule has 1 aromatic carbocycles. The summed E-state index contributed by atoms with van der Waals surface area (Å²) in [6.45, 7) is 17.4. The highest BCUT2D eigenvalue weighted by molar-refractivity contribution is 9.10. The van der Waals surface area contributed by atoms with Gasteiger partial charge in [0.25, 0.3) is 0 Å². The van der Waals surface area contributed by atoms with Crippen molar-refractivity contribution in [3.05, 3.63) is 22.7 Å². The van der Waals surface area contributed by atoms with Crippen LogP contribution in [0.2, 0.25) is 18.1 Å². The van der Waals surface area contributed by atoms with E-state index in [-0.39, 0.29) is 10.5 Å². The molecule has 0 aliphatic heterocycles. The van der Waals surface area contributed by atoms with Crippen LogP contribution < -0.4 is 11.1 Å². The number of nitrogens with two attached hydrogens (primary N) is 1. The molecule has 0 saturated carbocycles. The van der Waals surface area contributed by atoms with Crippen molar-refractivity contribution in [1.29, 1.82) is 0 Å². The summed E-state index contributed by atoms with van der Waals surface area (Å²) in [4.78, 5) is 0. The van der Waals surface area contributed by atoms with Crippen molar-refractivity contribution in [3.63, 3.8) is 0 Å². The van der Waals surface area contributed by atoms with Crippen molar-refractivity contribution in [3.8, 4) is 0 Å². The Bertz CT molecular complexity index is 510. The minimum Gasteiger partial charge on any atom is -0.416 e. The van der Waals surface area contributed by atoms with Gasteiger partial charge in [-0.05, 0) is 36.3 Å². The molecule has 0 radical (unpaired) electrons. The summed E-state index contributed by atoms with van der Waals surface area (Å²) >= 11 is 3.48. The molecule has 3 nitrogen and oxygen atoms in total. The minimum absolute atomic E-state index is 0.0459. The zero-order chi connectivity index (χ0) is 17.2. The smallest absolute Gasteiger partial charge is 0.192 e. The summed E-state index contributed by atoms with van der Waals surface area (Å²) in [7, 11) is -1.70.